The Morgan fingerprint density at radius 1 is 1.36 bits per heavy atom. The third-order valence-electron chi connectivity index (χ3n) is 3.96. The molecule has 0 radical (unpaired) electrons. The Balaban J connectivity index is 1.63. The topological polar surface area (TPSA) is 32.3 Å². The lowest BCUT2D eigenvalue weighted by molar-refractivity contribution is -0.135. The molecule has 2 saturated heterocycles. The van der Waals surface area contributed by atoms with E-state index in [9.17, 15) is 4.79 Å². The number of carbonyl (C=O) groups excluding carboxylic acids is 1. The van der Waals surface area contributed by atoms with E-state index in [0.29, 0.717) is 11.9 Å². The van der Waals surface area contributed by atoms with Crippen molar-refractivity contribution in [1.82, 2.24) is 10.2 Å². The lowest BCUT2D eigenvalue weighted by Crippen LogP contribution is -2.43. The summed E-state index contributed by atoms with van der Waals surface area (Å²) in [6.07, 6.45) is 4.81. The Hall–Kier alpha value is -0.570. The highest BCUT2D eigenvalue weighted by molar-refractivity contribution is 5.80. The number of piperidine rings is 2. The average molecular weight is 194 g/mol. The lowest BCUT2D eigenvalue weighted by Gasteiger charge is -2.27. The molecule has 1 amide bonds. The predicted octanol–water partition coefficient (Wildman–Crippen LogP) is 0.607. The van der Waals surface area contributed by atoms with Gasteiger partial charge in [-0.2, -0.15) is 0 Å². The summed E-state index contributed by atoms with van der Waals surface area (Å²) < 4.78 is 0. The van der Waals surface area contributed by atoms with Crippen LogP contribution in [-0.4, -0.2) is 36.5 Å². The quantitative estimate of drug-likeness (QED) is 0.663. The smallest absolute Gasteiger partial charge is 0.227 e. The molecule has 3 atom stereocenters. The number of carbonyl (C=O) groups is 1. The summed E-state index contributed by atoms with van der Waals surface area (Å²) in [4.78, 5) is 14.3. The number of rotatable bonds is 1. The van der Waals surface area contributed by atoms with E-state index in [1.54, 1.807) is 0 Å². The summed E-state index contributed by atoms with van der Waals surface area (Å²) in [5.74, 6) is 1.58. The zero-order valence-corrected chi connectivity index (χ0v) is 8.54. The van der Waals surface area contributed by atoms with E-state index >= 15 is 0 Å². The zero-order chi connectivity index (χ0) is 9.54. The van der Waals surface area contributed by atoms with Crippen molar-refractivity contribution < 1.29 is 4.79 Å². The van der Waals surface area contributed by atoms with Crippen molar-refractivity contribution in [3.8, 4) is 0 Å². The van der Waals surface area contributed by atoms with Crippen LogP contribution >= 0.6 is 0 Å². The van der Waals surface area contributed by atoms with E-state index in [2.05, 4.69) is 10.2 Å². The molecule has 0 aromatic heterocycles. The van der Waals surface area contributed by atoms with E-state index in [4.69, 9.17) is 0 Å². The minimum absolute atomic E-state index is 0.281. The number of likely N-dealkylation sites (tertiary alicyclic amines) is 1. The molecule has 3 fully saturated rings. The molecule has 3 nitrogen and oxygen atoms in total. The first-order valence-corrected chi connectivity index (χ1v) is 5.87. The van der Waals surface area contributed by atoms with Crippen LogP contribution in [0, 0.1) is 11.8 Å². The second-order valence-corrected chi connectivity index (χ2v) is 4.93. The summed E-state index contributed by atoms with van der Waals surface area (Å²) in [7, 11) is 0. The highest BCUT2D eigenvalue weighted by Gasteiger charge is 2.49. The van der Waals surface area contributed by atoms with Crippen LogP contribution in [0.4, 0.5) is 0 Å². The van der Waals surface area contributed by atoms with Crippen molar-refractivity contribution >= 4 is 5.91 Å². The molecule has 14 heavy (non-hydrogen) atoms. The maximum Gasteiger partial charge on any atom is 0.227 e. The maximum atomic E-state index is 12.1. The van der Waals surface area contributed by atoms with Gasteiger partial charge in [0.25, 0.3) is 0 Å². The van der Waals surface area contributed by atoms with Gasteiger partial charge in [0, 0.05) is 19.1 Å². The van der Waals surface area contributed by atoms with Crippen LogP contribution in [0.15, 0.2) is 0 Å². The van der Waals surface area contributed by atoms with E-state index in [1.807, 2.05) is 0 Å². The Morgan fingerprint density at radius 2 is 2.29 bits per heavy atom. The Labute approximate surface area is 84.8 Å². The van der Waals surface area contributed by atoms with Crippen LogP contribution in [0.1, 0.15) is 25.7 Å². The van der Waals surface area contributed by atoms with Crippen molar-refractivity contribution in [2.75, 3.05) is 19.6 Å². The first-order valence-electron chi connectivity index (χ1n) is 5.87. The third kappa shape index (κ3) is 1.34. The summed E-state index contributed by atoms with van der Waals surface area (Å²) in [5.41, 5.74) is 0. The molecule has 1 N–H and O–H groups in total. The molecular formula is C11H18N2O. The fraction of sp³-hybridized carbons (Fsp3) is 0.909. The van der Waals surface area contributed by atoms with Crippen LogP contribution in [-0.2, 0) is 4.79 Å². The molecule has 0 aromatic rings. The van der Waals surface area contributed by atoms with E-state index in [0.717, 1.165) is 32.0 Å². The molecule has 3 aliphatic rings. The number of hydrogen-bond donors (Lipinski definition) is 1. The molecule has 3 unspecified atom stereocenters. The molecule has 0 aromatic carbocycles. The van der Waals surface area contributed by atoms with Crippen LogP contribution in [0.3, 0.4) is 0 Å². The molecule has 0 spiro atoms. The highest BCUT2D eigenvalue weighted by atomic mass is 16.2. The molecule has 1 saturated carbocycles. The first kappa shape index (κ1) is 8.72. The Bertz CT molecular complexity index is 248. The predicted molar refractivity (Wildman–Crippen MR) is 53.8 cm³/mol. The van der Waals surface area contributed by atoms with Crippen molar-refractivity contribution in [2.45, 2.75) is 31.7 Å². The molecule has 2 aliphatic heterocycles. The molecule has 2 heterocycles. The number of fused-ring (bicyclic) bond motifs is 1. The monoisotopic (exact) mass is 194 g/mol. The van der Waals surface area contributed by atoms with Crippen LogP contribution in [0.2, 0.25) is 0 Å². The second-order valence-electron chi connectivity index (χ2n) is 4.93. The molecule has 3 heteroatoms. The summed E-state index contributed by atoms with van der Waals surface area (Å²) in [6.45, 7) is 3.03. The summed E-state index contributed by atoms with van der Waals surface area (Å²) in [5, 5.41) is 3.32. The van der Waals surface area contributed by atoms with E-state index in [-0.39, 0.29) is 5.92 Å². The third-order valence-corrected chi connectivity index (χ3v) is 3.96. The van der Waals surface area contributed by atoms with E-state index in [1.165, 1.54) is 19.3 Å². The van der Waals surface area contributed by atoms with Gasteiger partial charge in [-0.05, 0) is 38.1 Å². The Kier molecular flexibility index (Phi) is 2.01. The van der Waals surface area contributed by atoms with Gasteiger partial charge >= 0.3 is 0 Å². The zero-order valence-electron chi connectivity index (χ0n) is 8.54. The molecule has 78 valence electrons. The summed E-state index contributed by atoms with van der Waals surface area (Å²) >= 11 is 0. The van der Waals surface area contributed by atoms with Gasteiger partial charge in [0.15, 0.2) is 0 Å². The van der Waals surface area contributed by atoms with Gasteiger partial charge in [-0.1, -0.05) is 0 Å². The van der Waals surface area contributed by atoms with Crippen molar-refractivity contribution in [1.29, 1.82) is 0 Å². The summed E-state index contributed by atoms with van der Waals surface area (Å²) in [6, 6.07) is 0.643. The lowest BCUT2D eigenvalue weighted by atomic mass is 9.98. The van der Waals surface area contributed by atoms with Crippen molar-refractivity contribution in [3.63, 3.8) is 0 Å². The van der Waals surface area contributed by atoms with Gasteiger partial charge in [-0.15, -0.1) is 0 Å². The largest absolute Gasteiger partial charge is 0.339 e. The van der Waals surface area contributed by atoms with Crippen LogP contribution < -0.4 is 5.32 Å². The van der Waals surface area contributed by atoms with Crippen molar-refractivity contribution in [2.24, 2.45) is 11.8 Å². The normalized spacial score (nSPS) is 40.9. The number of hydrogen-bond acceptors (Lipinski definition) is 2. The fourth-order valence-corrected chi connectivity index (χ4v) is 2.97. The highest BCUT2D eigenvalue weighted by Crippen LogP contribution is 2.45. The molecule has 3 rings (SSSR count). The number of amides is 1. The minimum Gasteiger partial charge on any atom is -0.339 e. The number of nitrogens with zero attached hydrogens (tertiary/aromatic N) is 1. The Morgan fingerprint density at radius 3 is 2.86 bits per heavy atom. The molecular weight excluding hydrogens is 176 g/mol. The van der Waals surface area contributed by atoms with Gasteiger partial charge in [0.05, 0.1) is 5.92 Å². The molecule has 1 aliphatic carbocycles. The number of nitrogens with one attached hydrogen (secondary N) is 1. The maximum absolute atomic E-state index is 12.1. The van der Waals surface area contributed by atoms with Crippen LogP contribution in [0.5, 0.6) is 0 Å². The van der Waals surface area contributed by atoms with Gasteiger partial charge in [0.1, 0.15) is 0 Å². The van der Waals surface area contributed by atoms with Gasteiger partial charge in [0.2, 0.25) is 5.91 Å². The first-order chi connectivity index (χ1) is 6.86. The fourth-order valence-electron chi connectivity index (χ4n) is 2.97. The molecule has 0 bridgehead atoms. The van der Waals surface area contributed by atoms with E-state index < -0.39 is 0 Å². The van der Waals surface area contributed by atoms with Gasteiger partial charge in [-0.25, -0.2) is 0 Å². The standard InChI is InChI=1S/C11H18N2O/c14-11(9-2-1-4-12-7-9)13-5-3-8-6-10(8)13/h8-10,12H,1-7H2. The van der Waals surface area contributed by atoms with Crippen molar-refractivity contribution in [3.05, 3.63) is 0 Å². The second kappa shape index (κ2) is 3.23. The van der Waals surface area contributed by atoms with Crippen LogP contribution in [0.25, 0.3) is 0 Å². The SMILES string of the molecule is O=C(C1CCCNC1)N1CCC2CC21. The minimum atomic E-state index is 0.281. The van der Waals surface area contributed by atoms with Gasteiger partial charge in [-0.3, -0.25) is 4.79 Å². The average Bonchev–Trinajstić information content (AvgIpc) is 2.91. The van der Waals surface area contributed by atoms with Gasteiger partial charge < -0.3 is 10.2 Å².